The van der Waals surface area contributed by atoms with E-state index in [1.807, 2.05) is 6.92 Å². The number of primary amides is 1. The highest BCUT2D eigenvalue weighted by molar-refractivity contribution is 5.98. The molecule has 0 aliphatic carbocycles. The molecule has 0 radical (unpaired) electrons. The molecule has 1 aliphatic heterocycles. The number of halogens is 1. The van der Waals surface area contributed by atoms with E-state index in [0.29, 0.717) is 18.7 Å². The van der Waals surface area contributed by atoms with Gasteiger partial charge >= 0.3 is 0 Å². The maximum atomic E-state index is 13.2. The summed E-state index contributed by atoms with van der Waals surface area (Å²) < 4.78 is 20.4. The van der Waals surface area contributed by atoms with Gasteiger partial charge in [0.05, 0.1) is 30.7 Å². The predicted octanol–water partition coefficient (Wildman–Crippen LogP) is 1.75. The highest BCUT2D eigenvalue weighted by atomic mass is 19.1. The molecule has 0 saturated carbocycles. The van der Waals surface area contributed by atoms with Gasteiger partial charge in [-0.15, -0.1) is 0 Å². The van der Waals surface area contributed by atoms with Gasteiger partial charge in [0.15, 0.2) is 5.82 Å². The van der Waals surface area contributed by atoms with Gasteiger partial charge in [0, 0.05) is 24.1 Å². The molecule has 1 aliphatic rings. The average molecular weight is 344 g/mol. The van der Waals surface area contributed by atoms with Gasteiger partial charge < -0.3 is 15.8 Å². The Balaban J connectivity index is 1.92. The minimum absolute atomic E-state index is 0.00976. The summed E-state index contributed by atoms with van der Waals surface area (Å²) in [7, 11) is 0. The molecule has 1 amide bonds. The topological polar surface area (TPSA) is 119 Å². The van der Waals surface area contributed by atoms with Crippen molar-refractivity contribution in [3.63, 3.8) is 0 Å². The number of nitrogens with zero attached hydrogens (tertiary/aromatic N) is 4. The first-order valence-corrected chi connectivity index (χ1v) is 7.76. The molecule has 3 N–H and O–H groups in total. The molecule has 3 atom stereocenters. The van der Waals surface area contributed by atoms with Crippen LogP contribution in [0.1, 0.15) is 29.7 Å². The second kappa shape index (κ2) is 6.86. The SMILES string of the molecule is C[C@H]1C[C@@H](C#N)[C@H](n2cc(C(N)=O)c(Nc3ccnc(F)c3)n2)CO1. The van der Waals surface area contributed by atoms with Gasteiger partial charge in [-0.2, -0.15) is 14.8 Å². The molecule has 0 spiro atoms. The van der Waals surface area contributed by atoms with E-state index in [0.717, 1.165) is 0 Å². The van der Waals surface area contributed by atoms with Crippen molar-refractivity contribution in [3.8, 4) is 6.07 Å². The molecule has 25 heavy (non-hydrogen) atoms. The number of carbonyl (C=O) groups is 1. The lowest BCUT2D eigenvalue weighted by Crippen LogP contribution is -2.33. The fourth-order valence-corrected chi connectivity index (χ4v) is 2.81. The van der Waals surface area contributed by atoms with Gasteiger partial charge in [0.2, 0.25) is 5.95 Å². The van der Waals surface area contributed by atoms with E-state index in [9.17, 15) is 14.4 Å². The Bertz CT molecular complexity index is 830. The van der Waals surface area contributed by atoms with Gasteiger partial charge in [-0.1, -0.05) is 0 Å². The Hall–Kier alpha value is -2.99. The first-order chi connectivity index (χ1) is 12.0. The van der Waals surface area contributed by atoms with E-state index in [2.05, 4.69) is 21.5 Å². The first kappa shape index (κ1) is 16.9. The van der Waals surface area contributed by atoms with Crippen LogP contribution in [0.15, 0.2) is 24.5 Å². The van der Waals surface area contributed by atoms with Gasteiger partial charge in [-0.05, 0) is 19.4 Å². The van der Waals surface area contributed by atoms with Crippen molar-refractivity contribution in [1.29, 1.82) is 5.26 Å². The molecular weight excluding hydrogens is 327 g/mol. The summed E-state index contributed by atoms with van der Waals surface area (Å²) in [5, 5.41) is 16.6. The highest BCUT2D eigenvalue weighted by Gasteiger charge is 2.32. The molecule has 8 nitrogen and oxygen atoms in total. The van der Waals surface area contributed by atoms with Gasteiger partial charge in [-0.25, -0.2) is 4.98 Å². The number of rotatable bonds is 4. The van der Waals surface area contributed by atoms with Crippen LogP contribution in [0.2, 0.25) is 0 Å². The van der Waals surface area contributed by atoms with Crippen molar-refractivity contribution in [2.24, 2.45) is 11.7 Å². The third kappa shape index (κ3) is 3.59. The summed E-state index contributed by atoms with van der Waals surface area (Å²) in [5.74, 6) is -1.45. The number of anilines is 2. The summed E-state index contributed by atoms with van der Waals surface area (Å²) in [5.41, 5.74) is 5.94. The minimum Gasteiger partial charge on any atom is -0.376 e. The van der Waals surface area contributed by atoms with Crippen LogP contribution < -0.4 is 11.1 Å². The highest BCUT2D eigenvalue weighted by Crippen LogP contribution is 2.30. The number of hydrogen-bond acceptors (Lipinski definition) is 6. The summed E-state index contributed by atoms with van der Waals surface area (Å²) in [6, 6.07) is 4.65. The number of aromatic nitrogens is 3. The third-order valence-corrected chi connectivity index (χ3v) is 4.09. The number of ether oxygens (including phenoxy) is 1. The van der Waals surface area contributed by atoms with Gasteiger partial charge in [0.1, 0.15) is 5.56 Å². The lowest BCUT2D eigenvalue weighted by atomic mass is 9.93. The third-order valence-electron chi connectivity index (χ3n) is 4.09. The Labute approximate surface area is 143 Å². The van der Waals surface area contributed by atoms with Crippen molar-refractivity contribution < 1.29 is 13.9 Å². The normalized spacial score (nSPS) is 23.0. The molecule has 3 rings (SSSR count). The zero-order chi connectivity index (χ0) is 18.0. The molecule has 0 aromatic carbocycles. The molecule has 0 unspecified atom stereocenters. The fraction of sp³-hybridized carbons (Fsp3) is 0.375. The lowest BCUT2D eigenvalue weighted by Gasteiger charge is -2.31. The number of nitriles is 1. The van der Waals surface area contributed by atoms with E-state index in [-0.39, 0.29) is 29.4 Å². The minimum atomic E-state index is -0.679. The number of pyridine rings is 1. The van der Waals surface area contributed by atoms with Crippen molar-refractivity contribution in [2.75, 3.05) is 11.9 Å². The zero-order valence-electron chi connectivity index (χ0n) is 13.5. The van der Waals surface area contributed by atoms with Crippen LogP contribution in [0.25, 0.3) is 0 Å². The van der Waals surface area contributed by atoms with E-state index in [1.54, 1.807) is 0 Å². The van der Waals surface area contributed by atoms with E-state index >= 15 is 0 Å². The molecule has 2 aromatic rings. The van der Waals surface area contributed by atoms with E-state index in [1.165, 1.54) is 29.2 Å². The second-order valence-corrected chi connectivity index (χ2v) is 5.91. The van der Waals surface area contributed by atoms with Crippen LogP contribution >= 0.6 is 0 Å². The van der Waals surface area contributed by atoms with Crippen LogP contribution in [-0.4, -0.2) is 33.4 Å². The largest absolute Gasteiger partial charge is 0.376 e. The second-order valence-electron chi connectivity index (χ2n) is 5.91. The van der Waals surface area contributed by atoms with Crippen LogP contribution in [0.5, 0.6) is 0 Å². The van der Waals surface area contributed by atoms with Crippen molar-refractivity contribution in [3.05, 3.63) is 36.0 Å². The molecule has 1 saturated heterocycles. The summed E-state index contributed by atoms with van der Waals surface area (Å²) in [4.78, 5) is 15.2. The number of hydrogen-bond donors (Lipinski definition) is 2. The Kier molecular flexibility index (Phi) is 4.63. The Morgan fingerprint density at radius 2 is 2.40 bits per heavy atom. The summed E-state index contributed by atoms with van der Waals surface area (Å²) in [6.45, 7) is 2.21. The number of carbonyl (C=O) groups excluding carboxylic acids is 1. The quantitative estimate of drug-likeness (QED) is 0.816. The Morgan fingerprint density at radius 1 is 1.60 bits per heavy atom. The maximum Gasteiger partial charge on any atom is 0.254 e. The standard InChI is InChI=1S/C16H17FN6O2/c1-9-4-10(6-18)13(8-25-9)23-7-12(15(19)24)16(22-23)21-11-2-3-20-14(17)5-11/h2-3,5,7,9-10,13H,4,8H2,1H3,(H2,19,24)(H,20,21,22)/t9-,10-,13+/m0/s1. The van der Waals surface area contributed by atoms with Crippen molar-refractivity contribution >= 4 is 17.4 Å². The molecule has 3 heterocycles. The molecule has 2 aromatic heterocycles. The molecule has 9 heteroatoms. The average Bonchev–Trinajstić information content (AvgIpc) is 2.98. The first-order valence-electron chi connectivity index (χ1n) is 7.76. The molecular formula is C16H17FN6O2. The smallest absolute Gasteiger partial charge is 0.254 e. The van der Waals surface area contributed by atoms with Crippen LogP contribution in [0, 0.1) is 23.2 Å². The summed E-state index contributed by atoms with van der Waals surface area (Å²) >= 11 is 0. The predicted molar refractivity (Wildman–Crippen MR) is 86.4 cm³/mol. The molecule has 1 fully saturated rings. The monoisotopic (exact) mass is 344 g/mol. The summed E-state index contributed by atoms with van der Waals surface area (Å²) in [6.07, 6.45) is 3.34. The number of nitrogens with one attached hydrogen (secondary N) is 1. The van der Waals surface area contributed by atoms with E-state index in [4.69, 9.17) is 10.5 Å². The van der Waals surface area contributed by atoms with Crippen LogP contribution in [0.4, 0.5) is 15.9 Å². The maximum absolute atomic E-state index is 13.2. The van der Waals surface area contributed by atoms with Gasteiger partial charge in [-0.3, -0.25) is 9.48 Å². The van der Waals surface area contributed by atoms with Crippen molar-refractivity contribution in [2.45, 2.75) is 25.5 Å². The molecule has 0 bridgehead atoms. The zero-order valence-corrected chi connectivity index (χ0v) is 13.5. The number of amides is 1. The van der Waals surface area contributed by atoms with Crippen LogP contribution in [0.3, 0.4) is 0 Å². The van der Waals surface area contributed by atoms with E-state index < -0.39 is 11.9 Å². The van der Waals surface area contributed by atoms with Crippen molar-refractivity contribution in [1.82, 2.24) is 14.8 Å². The van der Waals surface area contributed by atoms with Crippen LogP contribution in [-0.2, 0) is 4.74 Å². The number of nitrogens with two attached hydrogens (primary N) is 1. The van der Waals surface area contributed by atoms with Gasteiger partial charge in [0.25, 0.3) is 5.91 Å². The molecule has 130 valence electrons. The lowest BCUT2D eigenvalue weighted by molar-refractivity contribution is -0.0215. The fourth-order valence-electron chi connectivity index (χ4n) is 2.81. The Morgan fingerprint density at radius 3 is 3.08 bits per heavy atom.